The van der Waals surface area contributed by atoms with E-state index in [-0.39, 0.29) is 11.9 Å². The van der Waals surface area contributed by atoms with Gasteiger partial charge in [-0.1, -0.05) is 6.92 Å². The molecule has 1 N–H and O–H groups in total. The lowest BCUT2D eigenvalue weighted by Crippen LogP contribution is -2.12. The lowest BCUT2D eigenvalue weighted by atomic mass is 10.1. The molecule has 0 spiro atoms. The van der Waals surface area contributed by atoms with Crippen molar-refractivity contribution in [2.45, 2.75) is 20.3 Å². The normalized spacial score (nSPS) is 10.2. The minimum atomic E-state index is -0.366. The van der Waals surface area contributed by atoms with E-state index in [0.717, 1.165) is 10.9 Å². The van der Waals surface area contributed by atoms with Crippen molar-refractivity contribution in [3.05, 3.63) is 58.1 Å². The minimum Gasteiger partial charge on any atom is -0.493 e. The molecule has 5 nitrogen and oxygen atoms in total. The Hall–Kier alpha value is -2.34. The summed E-state index contributed by atoms with van der Waals surface area (Å²) >= 11 is 3.39. The molecule has 0 aliphatic heterocycles. The molecule has 0 aliphatic carbocycles. The second-order valence-corrected chi connectivity index (χ2v) is 6.10. The number of hydrogen-bond donors (Lipinski definition) is 1. The smallest absolute Gasteiger partial charge is 0.338 e. The summed E-state index contributed by atoms with van der Waals surface area (Å²) < 4.78 is 11.2. The van der Waals surface area contributed by atoms with Gasteiger partial charge in [0, 0.05) is 11.3 Å². The van der Waals surface area contributed by atoms with E-state index in [4.69, 9.17) is 9.47 Å². The van der Waals surface area contributed by atoms with E-state index in [1.165, 1.54) is 0 Å². The Balaban J connectivity index is 2.03. The summed E-state index contributed by atoms with van der Waals surface area (Å²) in [5.41, 5.74) is 1.55. The zero-order valence-corrected chi connectivity index (χ0v) is 15.8. The van der Waals surface area contributed by atoms with Crippen LogP contribution in [0.5, 0.6) is 5.75 Å². The first kappa shape index (κ1) is 19.0. The van der Waals surface area contributed by atoms with Crippen LogP contribution in [0.25, 0.3) is 0 Å². The zero-order valence-electron chi connectivity index (χ0n) is 14.2. The van der Waals surface area contributed by atoms with Crippen LogP contribution in [0.15, 0.2) is 46.9 Å². The first-order valence-electron chi connectivity index (χ1n) is 8.06. The first-order chi connectivity index (χ1) is 12.0. The Bertz CT molecular complexity index is 744. The Kier molecular flexibility index (Phi) is 7.01. The van der Waals surface area contributed by atoms with Gasteiger partial charge in [-0.3, -0.25) is 4.79 Å². The number of amides is 1. The highest BCUT2D eigenvalue weighted by Gasteiger charge is 2.11. The van der Waals surface area contributed by atoms with Gasteiger partial charge >= 0.3 is 5.97 Å². The summed E-state index contributed by atoms with van der Waals surface area (Å²) in [7, 11) is 0. The summed E-state index contributed by atoms with van der Waals surface area (Å²) in [6.45, 7) is 4.78. The molecular formula is C19H20BrNO4. The number of benzene rings is 2. The number of esters is 1. The number of carbonyl (C=O) groups excluding carboxylic acids is 2. The predicted molar refractivity (Wildman–Crippen MR) is 100 cm³/mol. The fourth-order valence-electron chi connectivity index (χ4n) is 2.09. The molecule has 0 aromatic heterocycles. The number of rotatable bonds is 7. The summed E-state index contributed by atoms with van der Waals surface area (Å²) in [5.74, 6) is 0.0780. The molecule has 0 radical (unpaired) electrons. The summed E-state index contributed by atoms with van der Waals surface area (Å²) in [6, 6.07) is 11.7. The SMILES string of the molecule is CCCOC(=O)c1ccc(NC(=O)c2ccc(OCC)c(Br)c2)cc1. The van der Waals surface area contributed by atoms with Crippen molar-refractivity contribution in [3.8, 4) is 5.75 Å². The van der Waals surface area contributed by atoms with Gasteiger partial charge in [-0.25, -0.2) is 4.79 Å². The minimum absolute atomic E-state index is 0.245. The Morgan fingerprint density at radius 1 is 1.04 bits per heavy atom. The molecule has 0 saturated carbocycles. The molecular weight excluding hydrogens is 386 g/mol. The topological polar surface area (TPSA) is 64.6 Å². The Morgan fingerprint density at radius 2 is 1.72 bits per heavy atom. The molecule has 0 heterocycles. The molecule has 1 amide bonds. The molecule has 0 bridgehead atoms. The van der Waals surface area contributed by atoms with Gasteiger partial charge in [0.1, 0.15) is 5.75 Å². The zero-order chi connectivity index (χ0) is 18.2. The second kappa shape index (κ2) is 9.22. The third kappa shape index (κ3) is 5.32. The number of carbonyl (C=O) groups is 2. The monoisotopic (exact) mass is 405 g/mol. The first-order valence-corrected chi connectivity index (χ1v) is 8.85. The van der Waals surface area contributed by atoms with Gasteiger partial charge in [0.25, 0.3) is 5.91 Å². The number of anilines is 1. The van der Waals surface area contributed by atoms with Crippen LogP contribution in [0.1, 0.15) is 41.0 Å². The second-order valence-electron chi connectivity index (χ2n) is 5.25. The maximum absolute atomic E-state index is 12.3. The molecule has 25 heavy (non-hydrogen) atoms. The lowest BCUT2D eigenvalue weighted by molar-refractivity contribution is 0.0505. The molecule has 2 rings (SSSR count). The van der Waals surface area contributed by atoms with E-state index >= 15 is 0 Å². The highest BCUT2D eigenvalue weighted by molar-refractivity contribution is 9.10. The maximum Gasteiger partial charge on any atom is 0.338 e. The van der Waals surface area contributed by atoms with Gasteiger partial charge in [-0.05, 0) is 71.7 Å². The third-order valence-electron chi connectivity index (χ3n) is 3.31. The van der Waals surface area contributed by atoms with E-state index in [9.17, 15) is 9.59 Å². The molecule has 0 fully saturated rings. The van der Waals surface area contributed by atoms with E-state index in [2.05, 4.69) is 21.2 Å². The van der Waals surface area contributed by atoms with E-state index < -0.39 is 0 Å². The van der Waals surface area contributed by atoms with E-state index in [1.807, 2.05) is 13.8 Å². The van der Waals surface area contributed by atoms with Crippen molar-refractivity contribution in [2.75, 3.05) is 18.5 Å². The van der Waals surface area contributed by atoms with Crippen molar-refractivity contribution < 1.29 is 19.1 Å². The van der Waals surface area contributed by atoms with E-state index in [0.29, 0.717) is 35.8 Å². The maximum atomic E-state index is 12.3. The molecule has 0 saturated heterocycles. The van der Waals surface area contributed by atoms with Crippen LogP contribution in [0.4, 0.5) is 5.69 Å². The average Bonchev–Trinajstić information content (AvgIpc) is 2.62. The van der Waals surface area contributed by atoms with Crippen LogP contribution in [0.3, 0.4) is 0 Å². The van der Waals surface area contributed by atoms with Crippen LogP contribution >= 0.6 is 15.9 Å². The number of halogens is 1. The fourth-order valence-corrected chi connectivity index (χ4v) is 2.58. The number of hydrogen-bond acceptors (Lipinski definition) is 4. The summed E-state index contributed by atoms with van der Waals surface area (Å²) in [5, 5.41) is 2.79. The Labute approximate surface area is 155 Å². The van der Waals surface area contributed by atoms with Crippen LogP contribution in [-0.2, 0) is 4.74 Å². The molecule has 2 aromatic carbocycles. The van der Waals surface area contributed by atoms with Crippen molar-refractivity contribution in [1.29, 1.82) is 0 Å². The van der Waals surface area contributed by atoms with E-state index in [1.54, 1.807) is 42.5 Å². The lowest BCUT2D eigenvalue weighted by Gasteiger charge is -2.09. The molecule has 6 heteroatoms. The quantitative estimate of drug-likeness (QED) is 0.679. The number of ether oxygens (including phenoxy) is 2. The van der Waals surface area contributed by atoms with Crippen LogP contribution < -0.4 is 10.1 Å². The van der Waals surface area contributed by atoms with Crippen molar-refractivity contribution >= 4 is 33.5 Å². The van der Waals surface area contributed by atoms with Crippen molar-refractivity contribution in [3.63, 3.8) is 0 Å². The molecule has 132 valence electrons. The van der Waals surface area contributed by atoms with Crippen LogP contribution in [0, 0.1) is 0 Å². The van der Waals surface area contributed by atoms with Gasteiger partial charge in [0.2, 0.25) is 0 Å². The predicted octanol–water partition coefficient (Wildman–Crippen LogP) is 4.67. The van der Waals surface area contributed by atoms with Gasteiger partial charge in [0.05, 0.1) is 23.2 Å². The molecule has 0 aliphatic rings. The summed E-state index contributed by atoms with van der Waals surface area (Å²) in [4.78, 5) is 24.1. The Morgan fingerprint density at radius 3 is 2.32 bits per heavy atom. The van der Waals surface area contributed by atoms with Crippen molar-refractivity contribution in [2.24, 2.45) is 0 Å². The third-order valence-corrected chi connectivity index (χ3v) is 3.93. The van der Waals surface area contributed by atoms with Crippen LogP contribution in [-0.4, -0.2) is 25.1 Å². The standard InChI is InChI=1S/C19H20BrNO4/c1-3-11-25-19(23)13-5-8-15(9-6-13)21-18(22)14-7-10-17(24-4-2)16(20)12-14/h5-10,12H,3-4,11H2,1-2H3,(H,21,22). The van der Waals surface area contributed by atoms with Crippen molar-refractivity contribution in [1.82, 2.24) is 0 Å². The van der Waals surface area contributed by atoms with Gasteiger partial charge in [0.15, 0.2) is 0 Å². The highest BCUT2D eigenvalue weighted by atomic mass is 79.9. The number of nitrogens with one attached hydrogen (secondary N) is 1. The largest absolute Gasteiger partial charge is 0.493 e. The highest BCUT2D eigenvalue weighted by Crippen LogP contribution is 2.26. The van der Waals surface area contributed by atoms with Crippen LogP contribution in [0.2, 0.25) is 0 Å². The fraction of sp³-hybridized carbons (Fsp3) is 0.263. The molecule has 0 unspecified atom stereocenters. The summed E-state index contributed by atoms with van der Waals surface area (Å²) in [6.07, 6.45) is 0.775. The molecule has 0 atom stereocenters. The van der Waals surface area contributed by atoms with Gasteiger partial charge in [-0.2, -0.15) is 0 Å². The average molecular weight is 406 g/mol. The van der Waals surface area contributed by atoms with Gasteiger partial charge in [-0.15, -0.1) is 0 Å². The van der Waals surface area contributed by atoms with Gasteiger partial charge < -0.3 is 14.8 Å². The molecule has 2 aromatic rings.